The van der Waals surface area contributed by atoms with Gasteiger partial charge >= 0.3 is 12.0 Å². The first-order chi connectivity index (χ1) is 15.8. The van der Waals surface area contributed by atoms with Gasteiger partial charge in [-0.1, -0.05) is 23.7 Å². The first-order valence-electron chi connectivity index (χ1n) is 10.7. The quantitative estimate of drug-likeness (QED) is 0.640. The molecule has 182 valence electrons. The molecule has 1 fully saturated rings. The molecule has 1 aliphatic carbocycles. The van der Waals surface area contributed by atoms with Crippen molar-refractivity contribution in [2.75, 3.05) is 11.9 Å². The Kier molecular flexibility index (Phi) is 5.91. The monoisotopic (exact) mass is 494 g/mol. The second-order valence-corrected chi connectivity index (χ2v) is 10.1. The fourth-order valence-electron chi connectivity index (χ4n) is 4.01. The number of alkyl halides is 2. The SMILES string of the molecule is CC(C)(C)OC(=O)NC1=N[C@](C)([C@H]2C[C@@H]2C(=O)Nc2cccc3cc(Cl)cnc23)C(F)(F)CO1. The van der Waals surface area contributed by atoms with Gasteiger partial charge in [-0.25, -0.2) is 23.9 Å². The van der Waals surface area contributed by atoms with Crippen LogP contribution in [0.4, 0.5) is 19.3 Å². The van der Waals surface area contributed by atoms with E-state index in [1.54, 1.807) is 45.0 Å². The summed E-state index contributed by atoms with van der Waals surface area (Å²) in [5.74, 6) is -5.19. The van der Waals surface area contributed by atoms with Gasteiger partial charge in [0, 0.05) is 23.4 Å². The van der Waals surface area contributed by atoms with Gasteiger partial charge in [-0.2, -0.15) is 0 Å². The van der Waals surface area contributed by atoms with E-state index >= 15 is 0 Å². The van der Waals surface area contributed by atoms with Crippen molar-refractivity contribution < 1.29 is 27.8 Å². The number of anilines is 1. The lowest BCUT2D eigenvalue weighted by molar-refractivity contribution is -0.127. The Morgan fingerprint density at radius 2 is 2.00 bits per heavy atom. The standard InChI is InChI=1S/C23H25ClF2N4O4/c1-21(2,3)34-20(32)29-19-30-22(4,23(25,26)11-33-19)15-9-14(15)18(31)28-16-7-5-6-12-8-13(24)10-27-17(12)16/h5-8,10,14-15H,9,11H2,1-4H3,(H,28,31)(H,29,30,32)/t14-,15-,22+/m0/s1. The van der Waals surface area contributed by atoms with E-state index in [2.05, 4.69) is 20.6 Å². The van der Waals surface area contributed by atoms with Crippen LogP contribution in [-0.2, 0) is 14.3 Å². The van der Waals surface area contributed by atoms with E-state index in [1.165, 1.54) is 13.1 Å². The summed E-state index contributed by atoms with van der Waals surface area (Å²) in [5.41, 5.74) is -1.72. The summed E-state index contributed by atoms with van der Waals surface area (Å²) in [6.07, 6.45) is 0.815. The Morgan fingerprint density at radius 3 is 2.71 bits per heavy atom. The maximum absolute atomic E-state index is 14.9. The number of halogens is 3. The molecule has 8 nitrogen and oxygen atoms in total. The predicted molar refractivity (Wildman–Crippen MR) is 123 cm³/mol. The van der Waals surface area contributed by atoms with E-state index in [0.29, 0.717) is 16.2 Å². The Hall–Kier alpha value is -3.01. The predicted octanol–water partition coefficient (Wildman–Crippen LogP) is 4.77. The van der Waals surface area contributed by atoms with Gasteiger partial charge in [0.05, 0.1) is 16.2 Å². The van der Waals surface area contributed by atoms with Crippen molar-refractivity contribution in [2.24, 2.45) is 16.8 Å². The van der Waals surface area contributed by atoms with Gasteiger partial charge in [0.2, 0.25) is 5.91 Å². The van der Waals surface area contributed by atoms with Crippen molar-refractivity contribution in [2.45, 2.75) is 51.2 Å². The highest BCUT2D eigenvalue weighted by Gasteiger charge is 2.66. The molecular weight excluding hydrogens is 470 g/mol. The van der Waals surface area contributed by atoms with Gasteiger partial charge in [-0.05, 0) is 46.2 Å². The van der Waals surface area contributed by atoms with Gasteiger partial charge in [-0.15, -0.1) is 0 Å². The average Bonchev–Trinajstić information content (AvgIpc) is 3.51. The number of carbonyl (C=O) groups excluding carboxylic acids is 2. The summed E-state index contributed by atoms with van der Waals surface area (Å²) in [7, 11) is 0. The zero-order valence-electron chi connectivity index (χ0n) is 19.1. The highest BCUT2D eigenvalue weighted by atomic mass is 35.5. The molecule has 1 aromatic carbocycles. The third-order valence-corrected chi connectivity index (χ3v) is 6.06. The van der Waals surface area contributed by atoms with Crippen LogP contribution < -0.4 is 10.6 Å². The summed E-state index contributed by atoms with van der Waals surface area (Å²) in [5, 5.41) is 6.26. The van der Waals surface area contributed by atoms with Crippen LogP contribution in [0, 0.1) is 11.8 Å². The van der Waals surface area contributed by atoms with E-state index < -0.39 is 47.5 Å². The number of nitrogens with one attached hydrogen (secondary N) is 2. The lowest BCUT2D eigenvalue weighted by atomic mass is 9.87. The Labute approximate surface area is 200 Å². The first kappa shape index (κ1) is 24.1. The second kappa shape index (κ2) is 8.33. The highest BCUT2D eigenvalue weighted by molar-refractivity contribution is 6.31. The lowest BCUT2D eigenvalue weighted by Crippen LogP contribution is -2.56. The molecule has 1 aliphatic heterocycles. The van der Waals surface area contributed by atoms with Crippen LogP contribution in [0.2, 0.25) is 5.02 Å². The van der Waals surface area contributed by atoms with Crippen molar-refractivity contribution >= 4 is 46.2 Å². The number of rotatable bonds is 3. The van der Waals surface area contributed by atoms with Gasteiger partial charge in [0.25, 0.3) is 6.02 Å². The van der Waals surface area contributed by atoms with E-state index in [-0.39, 0.29) is 12.4 Å². The highest BCUT2D eigenvalue weighted by Crippen LogP contribution is 2.55. The van der Waals surface area contributed by atoms with Gasteiger partial charge in [-0.3, -0.25) is 9.78 Å². The normalized spacial score (nSPS) is 25.7. The number of amidine groups is 1. The number of carbonyl (C=O) groups is 2. The molecular formula is C23H25ClF2N4O4. The molecule has 34 heavy (non-hydrogen) atoms. The van der Waals surface area contributed by atoms with Gasteiger partial charge in [0.15, 0.2) is 6.61 Å². The van der Waals surface area contributed by atoms with Gasteiger partial charge < -0.3 is 14.8 Å². The number of hydrogen-bond acceptors (Lipinski definition) is 6. The van der Waals surface area contributed by atoms with Crippen molar-refractivity contribution in [1.82, 2.24) is 10.3 Å². The zero-order chi connectivity index (χ0) is 24.9. The first-order valence-corrected chi connectivity index (χ1v) is 11.1. The van der Waals surface area contributed by atoms with Gasteiger partial charge in [0.1, 0.15) is 11.1 Å². The van der Waals surface area contributed by atoms with Crippen LogP contribution in [0.1, 0.15) is 34.1 Å². The summed E-state index contributed by atoms with van der Waals surface area (Å²) >= 11 is 5.98. The number of aromatic nitrogens is 1. The molecule has 2 N–H and O–H groups in total. The molecule has 3 atom stereocenters. The fraction of sp³-hybridized carbons (Fsp3) is 0.478. The smallest absolute Gasteiger partial charge is 0.415 e. The van der Waals surface area contributed by atoms with Crippen LogP contribution in [0.25, 0.3) is 10.9 Å². The largest absolute Gasteiger partial charge is 0.458 e. The number of aliphatic imine (C=N–C) groups is 1. The molecule has 0 radical (unpaired) electrons. The molecule has 11 heteroatoms. The number of ether oxygens (including phenoxy) is 2. The Balaban J connectivity index is 1.50. The van der Waals surface area contributed by atoms with E-state index in [1.807, 2.05) is 0 Å². The molecule has 2 aliphatic rings. The van der Waals surface area contributed by atoms with Crippen LogP contribution in [0.3, 0.4) is 0 Å². The van der Waals surface area contributed by atoms with Crippen molar-refractivity contribution in [3.8, 4) is 0 Å². The van der Waals surface area contributed by atoms with Crippen molar-refractivity contribution in [3.63, 3.8) is 0 Å². The molecule has 2 heterocycles. The van der Waals surface area contributed by atoms with Crippen LogP contribution in [0.15, 0.2) is 35.5 Å². The summed E-state index contributed by atoms with van der Waals surface area (Å²) < 4.78 is 39.9. The molecule has 4 rings (SSSR count). The maximum atomic E-state index is 14.9. The minimum absolute atomic E-state index is 0.213. The number of fused-ring (bicyclic) bond motifs is 1. The molecule has 1 aromatic heterocycles. The number of hydrogen-bond donors (Lipinski definition) is 2. The third-order valence-electron chi connectivity index (χ3n) is 5.86. The Bertz CT molecular complexity index is 1180. The van der Waals surface area contributed by atoms with Crippen molar-refractivity contribution in [3.05, 3.63) is 35.5 Å². The number of para-hydroxylation sites is 1. The molecule has 1 saturated carbocycles. The van der Waals surface area contributed by atoms with E-state index in [4.69, 9.17) is 21.1 Å². The minimum atomic E-state index is -3.34. The minimum Gasteiger partial charge on any atom is -0.458 e. The summed E-state index contributed by atoms with van der Waals surface area (Å²) in [6, 6.07) is 6.60. The van der Waals surface area contributed by atoms with Crippen LogP contribution in [-0.4, -0.2) is 46.7 Å². The molecule has 2 amide bonds. The second-order valence-electron chi connectivity index (χ2n) is 9.65. The summed E-state index contributed by atoms with van der Waals surface area (Å²) in [6.45, 7) is 5.30. The maximum Gasteiger partial charge on any atom is 0.415 e. The molecule has 2 aromatic rings. The molecule has 0 spiro atoms. The van der Waals surface area contributed by atoms with E-state index in [9.17, 15) is 18.4 Å². The molecule has 0 unspecified atom stereocenters. The third kappa shape index (κ3) is 4.77. The summed E-state index contributed by atoms with van der Waals surface area (Å²) in [4.78, 5) is 33.2. The van der Waals surface area contributed by atoms with Crippen LogP contribution >= 0.6 is 11.6 Å². The topological polar surface area (TPSA) is 102 Å². The van der Waals surface area contributed by atoms with E-state index in [0.717, 1.165) is 5.39 Å². The number of benzene rings is 1. The van der Waals surface area contributed by atoms with Crippen molar-refractivity contribution in [1.29, 1.82) is 0 Å². The Morgan fingerprint density at radius 1 is 1.26 bits per heavy atom. The molecule has 0 saturated heterocycles. The average molecular weight is 495 g/mol. The number of amides is 2. The fourth-order valence-corrected chi connectivity index (χ4v) is 4.17. The number of nitrogens with zero attached hydrogens (tertiary/aromatic N) is 2. The molecule has 0 bridgehead atoms. The number of pyridine rings is 1. The zero-order valence-corrected chi connectivity index (χ0v) is 19.9. The number of alkyl carbamates (subject to hydrolysis) is 1. The van der Waals surface area contributed by atoms with Crippen LogP contribution in [0.5, 0.6) is 0 Å². The lowest BCUT2D eigenvalue weighted by Gasteiger charge is -2.38.